The highest BCUT2D eigenvalue weighted by molar-refractivity contribution is 7.14. The van der Waals surface area contributed by atoms with Gasteiger partial charge in [-0.3, -0.25) is 9.59 Å². The van der Waals surface area contributed by atoms with Crippen molar-refractivity contribution in [3.8, 4) is 0 Å². The van der Waals surface area contributed by atoms with Crippen LogP contribution in [-0.2, 0) is 4.79 Å². The number of hydrogen-bond acceptors (Lipinski definition) is 5. The number of rotatable bonds is 4. The third-order valence-corrected chi connectivity index (χ3v) is 4.95. The number of hydrogen-bond donors (Lipinski definition) is 3. The van der Waals surface area contributed by atoms with Crippen molar-refractivity contribution in [2.24, 2.45) is 0 Å². The SMILES string of the molecule is CC(=O)Nc1nc(C(=O)NC2CNCCC2c2ccc(F)c(F)c2)cs1. The maximum atomic E-state index is 13.6. The number of carbonyl (C=O) groups is 2. The van der Waals surface area contributed by atoms with E-state index in [9.17, 15) is 18.4 Å². The Bertz CT molecular complexity index is 827. The number of benzene rings is 1. The molecule has 1 fully saturated rings. The van der Waals surface area contributed by atoms with Crippen molar-refractivity contribution in [3.63, 3.8) is 0 Å². The first-order valence-electron chi connectivity index (χ1n) is 8.13. The molecule has 1 aliphatic rings. The van der Waals surface area contributed by atoms with Crippen LogP contribution in [0, 0.1) is 11.6 Å². The average Bonchev–Trinajstić information content (AvgIpc) is 3.06. The molecule has 1 saturated heterocycles. The molecule has 0 radical (unpaired) electrons. The summed E-state index contributed by atoms with van der Waals surface area (Å²) in [5, 5.41) is 10.5. The van der Waals surface area contributed by atoms with E-state index >= 15 is 0 Å². The highest BCUT2D eigenvalue weighted by Crippen LogP contribution is 2.27. The van der Waals surface area contributed by atoms with Gasteiger partial charge in [-0.15, -0.1) is 11.3 Å². The second-order valence-electron chi connectivity index (χ2n) is 6.07. The number of nitrogens with one attached hydrogen (secondary N) is 3. The molecular weight excluding hydrogens is 362 g/mol. The molecule has 9 heteroatoms. The summed E-state index contributed by atoms with van der Waals surface area (Å²) in [6.45, 7) is 2.60. The Labute approximate surface area is 153 Å². The summed E-state index contributed by atoms with van der Waals surface area (Å²) >= 11 is 1.16. The number of halogens is 2. The predicted molar refractivity (Wildman–Crippen MR) is 94.3 cm³/mol. The second-order valence-corrected chi connectivity index (χ2v) is 6.93. The number of anilines is 1. The molecule has 2 heterocycles. The van der Waals surface area contributed by atoms with E-state index in [1.807, 2.05) is 0 Å². The number of piperidine rings is 1. The fourth-order valence-electron chi connectivity index (χ4n) is 2.98. The molecule has 138 valence electrons. The molecule has 2 amide bonds. The highest BCUT2D eigenvalue weighted by atomic mass is 32.1. The molecule has 1 aromatic heterocycles. The van der Waals surface area contributed by atoms with Gasteiger partial charge in [-0.1, -0.05) is 6.07 Å². The molecule has 2 atom stereocenters. The first-order chi connectivity index (χ1) is 12.4. The average molecular weight is 380 g/mol. The van der Waals surface area contributed by atoms with Crippen LogP contribution in [0.15, 0.2) is 23.6 Å². The summed E-state index contributed by atoms with van der Waals surface area (Å²) in [6, 6.07) is 3.55. The Balaban J connectivity index is 1.73. The normalized spacial score (nSPS) is 19.8. The van der Waals surface area contributed by atoms with Gasteiger partial charge in [-0.05, 0) is 30.7 Å². The van der Waals surface area contributed by atoms with Crippen LogP contribution in [0.2, 0.25) is 0 Å². The highest BCUT2D eigenvalue weighted by Gasteiger charge is 2.29. The van der Waals surface area contributed by atoms with Crippen LogP contribution in [0.3, 0.4) is 0 Å². The van der Waals surface area contributed by atoms with E-state index in [2.05, 4.69) is 20.9 Å². The number of thiazole rings is 1. The Kier molecular flexibility index (Phi) is 5.58. The third-order valence-electron chi connectivity index (χ3n) is 4.19. The molecule has 0 saturated carbocycles. The van der Waals surface area contributed by atoms with Crippen LogP contribution in [0.5, 0.6) is 0 Å². The van der Waals surface area contributed by atoms with Gasteiger partial charge in [0.25, 0.3) is 5.91 Å². The molecule has 6 nitrogen and oxygen atoms in total. The molecule has 0 spiro atoms. The molecule has 0 aliphatic carbocycles. The van der Waals surface area contributed by atoms with E-state index in [-0.39, 0.29) is 29.5 Å². The maximum absolute atomic E-state index is 13.6. The van der Waals surface area contributed by atoms with Gasteiger partial charge >= 0.3 is 0 Å². The van der Waals surface area contributed by atoms with Crippen molar-refractivity contribution in [2.75, 3.05) is 18.4 Å². The Morgan fingerprint density at radius 1 is 1.31 bits per heavy atom. The van der Waals surface area contributed by atoms with Crippen molar-refractivity contribution in [1.82, 2.24) is 15.6 Å². The van der Waals surface area contributed by atoms with Crippen LogP contribution in [0.4, 0.5) is 13.9 Å². The van der Waals surface area contributed by atoms with E-state index in [1.54, 1.807) is 11.4 Å². The number of amides is 2. The largest absolute Gasteiger partial charge is 0.346 e. The molecule has 26 heavy (non-hydrogen) atoms. The van der Waals surface area contributed by atoms with Crippen LogP contribution >= 0.6 is 11.3 Å². The number of carbonyl (C=O) groups excluding carboxylic acids is 2. The van der Waals surface area contributed by atoms with Crippen LogP contribution in [-0.4, -0.2) is 35.9 Å². The summed E-state index contributed by atoms with van der Waals surface area (Å²) in [5.74, 6) is -2.56. The summed E-state index contributed by atoms with van der Waals surface area (Å²) in [6.07, 6.45) is 0.685. The number of aromatic nitrogens is 1. The minimum Gasteiger partial charge on any atom is -0.346 e. The monoisotopic (exact) mass is 380 g/mol. The standard InChI is InChI=1S/C17H18F2N4O2S/c1-9(24)21-17-23-15(8-26-17)16(25)22-14-7-20-5-4-11(14)10-2-3-12(18)13(19)6-10/h2-3,6,8,11,14,20H,4-5,7H2,1H3,(H,22,25)(H,21,23,24). The van der Waals surface area contributed by atoms with Crippen molar-refractivity contribution >= 4 is 28.3 Å². The van der Waals surface area contributed by atoms with Gasteiger partial charge in [-0.2, -0.15) is 0 Å². The second kappa shape index (κ2) is 7.88. The van der Waals surface area contributed by atoms with E-state index in [0.29, 0.717) is 23.7 Å². The predicted octanol–water partition coefficient (Wildman–Crippen LogP) is 2.26. The summed E-state index contributed by atoms with van der Waals surface area (Å²) in [4.78, 5) is 27.6. The Morgan fingerprint density at radius 2 is 2.12 bits per heavy atom. The van der Waals surface area contributed by atoms with Gasteiger partial charge in [-0.25, -0.2) is 13.8 Å². The van der Waals surface area contributed by atoms with Gasteiger partial charge in [0.2, 0.25) is 5.91 Å². The van der Waals surface area contributed by atoms with Gasteiger partial charge in [0.05, 0.1) is 0 Å². The lowest BCUT2D eigenvalue weighted by Gasteiger charge is -2.33. The molecule has 2 unspecified atom stereocenters. The van der Waals surface area contributed by atoms with Crippen molar-refractivity contribution in [1.29, 1.82) is 0 Å². The third kappa shape index (κ3) is 4.23. The quantitative estimate of drug-likeness (QED) is 0.760. The first-order valence-corrected chi connectivity index (χ1v) is 9.01. The minimum absolute atomic E-state index is 0.135. The summed E-state index contributed by atoms with van der Waals surface area (Å²) in [7, 11) is 0. The van der Waals surface area contributed by atoms with Crippen LogP contribution < -0.4 is 16.0 Å². The van der Waals surface area contributed by atoms with E-state index in [1.165, 1.54) is 13.0 Å². The Morgan fingerprint density at radius 3 is 2.85 bits per heavy atom. The van der Waals surface area contributed by atoms with Gasteiger partial charge in [0.15, 0.2) is 16.8 Å². The minimum atomic E-state index is -0.898. The lowest BCUT2D eigenvalue weighted by molar-refractivity contribution is -0.114. The molecule has 1 aromatic carbocycles. The molecule has 3 rings (SSSR count). The summed E-state index contributed by atoms with van der Waals surface area (Å²) in [5.41, 5.74) is 0.848. The van der Waals surface area contributed by atoms with Crippen molar-refractivity contribution < 1.29 is 18.4 Å². The zero-order valence-corrected chi connectivity index (χ0v) is 14.8. The van der Waals surface area contributed by atoms with E-state index in [0.717, 1.165) is 23.9 Å². The summed E-state index contributed by atoms with van der Waals surface area (Å²) < 4.78 is 26.8. The first kappa shape index (κ1) is 18.4. The smallest absolute Gasteiger partial charge is 0.271 e. The molecule has 0 bridgehead atoms. The van der Waals surface area contributed by atoms with Crippen LogP contribution in [0.1, 0.15) is 35.3 Å². The molecule has 1 aliphatic heterocycles. The molecule has 3 N–H and O–H groups in total. The van der Waals surface area contributed by atoms with Crippen molar-refractivity contribution in [3.05, 3.63) is 46.5 Å². The van der Waals surface area contributed by atoms with Gasteiger partial charge in [0, 0.05) is 30.8 Å². The van der Waals surface area contributed by atoms with Gasteiger partial charge < -0.3 is 16.0 Å². The fraction of sp³-hybridized carbons (Fsp3) is 0.353. The van der Waals surface area contributed by atoms with Gasteiger partial charge in [0.1, 0.15) is 5.69 Å². The van der Waals surface area contributed by atoms with E-state index in [4.69, 9.17) is 0 Å². The number of nitrogens with zero attached hydrogens (tertiary/aromatic N) is 1. The Hall–Kier alpha value is -2.39. The van der Waals surface area contributed by atoms with Crippen LogP contribution in [0.25, 0.3) is 0 Å². The lowest BCUT2D eigenvalue weighted by Crippen LogP contribution is -2.50. The zero-order valence-electron chi connectivity index (χ0n) is 14.0. The van der Waals surface area contributed by atoms with Crippen molar-refractivity contribution in [2.45, 2.75) is 25.3 Å². The van der Waals surface area contributed by atoms with E-state index < -0.39 is 11.6 Å². The molecular formula is C17H18F2N4O2S. The fourth-order valence-corrected chi connectivity index (χ4v) is 3.72. The topological polar surface area (TPSA) is 83.1 Å². The molecule has 2 aromatic rings. The maximum Gasteiger partial charge on any atom is 0.271 e. The lowest BCUT2D eigenvalue weighted by atomic mass is 9.86. The zero-order chi connectivity index (χ0) is 18.7.